The first kappa shape index (κ1) is 17.6. The standard InChI is InChI=1S/C21H30O3/c1-14-6-9-18(23)13-17(14)8-7-16-5-4-11-20(3)19(16)10-12-21(20,24)15(2)22/h7-8,18-19,23-24H,1,4-6,9-13H2,2-3H3/b16-7+,17-8-/t18-,19-,20-,21-/m0/s1. The summed E-state index contributed by atoms with van der Waals surface area (Å²) in [6.45, 7) is 7.75. The maximum absolute atomic E-state index is 12.1. The minimum absolute atomic E-state index is 0.0871. The Morgan fingerprint density at radius 1 is 1.25 bits per heavy atom. The van der Waals surface area contributed by atoms with Gasteiger partial charge in [0, 0.05) is 5.41 Å². The van der Waals surface area contributed by atoms with E-state index in [1.165, 1.54) is 12.5 Å². The van der Waals surface area contributed by atoms with E-state index in [1.807, 2.05) is 0 Å². The largest absolute Gasteiger partial charge is 0.393 e. The summed E-state index contributed by atoms with van der Waals surface area (Å²) in [5, 5.41) is 20.9. The average Bonchev–Trinajstić information content (AvgIpc) is 2.82. The van der Waals surface area contributed by atoms with Crippen LogP contribution in [0.3, 0.4) is 0 Å². The third-order valence-corrected chi connectivity index (χ3v) is 6.89. The molecule has 0 amide bonds. The van der Waals surface area contributed by atoms with Crippen molar-refractivity contribution >= 4 is 5.78 Å². The highest BCUT2D eigenvalue weighted by atomic mass is 16.3. The van der Waals surface area contributed by atoms with Crippen LogP contribution < -0.4 is 0 Å². The Hall–Kier alpha value is -1.19. The molecule has 3 heteroatoms. The molecule has 3 saturated carbocycles. The molecule has 0 aromatic rings. The van der Waals surface area contributed by atoms with Gasteiger partial charge in [0.1, 0.15) is 5.60 Å². The van der Waals surface area contributed by atoms with Gasteiger partial charge in [0.2, 0.25) is 0 Å². The van der Waals surface area contributed by atoms with E-state index in [0.717, 1.165) is 49.7 Å². The number of fused-ring (bicyclic) bond motifs is 1. The van der Waals surface area contributed by atoms with Crippen molar-refractivity contribution in [3.05, 3.63) is 35.5 Å². The molecule has 24 heavy (non-hydrogen) atoms. The molecule has 0 aromatic carbocycles. The van der Waals surface area contributed by atoms with Crippen molar-refractivity contribution in [3.8, 4) is 0 Å². The normalized spacial score (nSPS) is 43.2. The molecule has 3 aliphatic carbocycles. The van der Waals surface area contributed by atoms with Crippen LogP contribution in [0.4, 0.5) is 0 Å². The van der Waals surface area contributed by atoms with Crippen LogP contribution in [-0.2, 0) is 4.79 Å². The second kappa shape index (κ2) is 6.27. The predicted octanol–water partition coefficient (Wildman–Crippen LogP) is 3.86. The number of hydrogen-bond acceptors (Lipinski definition) is 3. The van der Waals surface area contributed by atoms with E-state index in [2.05, 4.69) is 25.7 Å². The summed E-state index contributed by atoms with van der Waals surface area (Å²) in [7, 11) is 0. The molecule has 2 N–H and O–H groups in total. The highest BCUT2D eigenvalue weighted by molar-refractivity contribution is 5.86. The van der Waals surface area contributed by atoms with Crippen LogP contribution in [0.25, 0.3) is 0 Å². The van der Waals surface area contributed by atoms with Gasteiger partial charge in [0.25, 0.3) is 0 Å². The lowest BCUT2D eigenvalue weighted by Gasteiger charge is -2.45. The number of rotatable bonds is 2. The van der Waals surface area contributed by atoms with Gasteiger partial charge in [-0.05, 0) is 69.8 Å². The number of aliphatic hydroxyl groups excluding tert-OH is 1. The summed E-state index contributed by atoms with van der Waals surface area (Å²) >= 11 is 0. The summed E-state index contributed by atoms with van der Waals surface area (Å²) in [4.78, 5) is 12.1. The van der Waals surface area contributed by atoms with Gasteiger partial charge in [-0.3, -0.25) is 4.79 Å². The van der Waals surface area contributed by atoms with Crippen molar-refractivity contribution in [3.63, 3.8) is 0 Å². The third kappa shape index (κ3) is 2.72. The van der Waals surface area contributed by atoms with Crippen molar-refractivity contribution in [2.45, 2.75) is 76.9 Å². The van der Waals surface area contributed by atoms with Crippen molar-refractivity contribution < 1.29 is 15.0 Å². The number of Topliss-reactive ketones (excluding diaryl/α,β-unsaturated/α-hetero) is 1. The van der Waals surface area contributed by atoms with Gasteiger partial charge in [-0.1, -0.05) is 36.8 Å². The fraction of sp³-hybridized carbons (Fsp3) is 0.667. The number of carbonyl (C=O) groups is 1. The van der Waals surface area contributed by atoms with Crippen LogP contribution in [-0.4, -0.2) is 27.7 Å². The first-order valence-electron chi connectivity index (χ1n) is 9.27. The number of aliphatic hydroxyl groups is 2. The summed E-state index contributed by atoms with van der Waals surface area (Å²) < 4.78 is 0. The van der Waals surface area contributed by atoms with Crippen molar-refractivity contribution in [2.75, 3.05) is 0 Å². The molecule has 0 aromatic heterocycles. The fourth-order valence-corrected chi connectivity index (χ4v) is 5.23. The summed E-state index contributed by atoms with van der Waals surface area (Å²) in [5.74, 6) is 0.190. The molecule has 0 radical (unpaired) electrons. The first-order valence-corrected chi connectivity index (χ1v) is 9.27. The van der Waals surface area contributed by atoms with E-state index < -0.39 is 5.60 Å². The van der Waals surface area contributed by atoms with Gasteiger partial charge < -0.3 is 10.2 Å². The number of hydrogen-bond donors (Lipinski definition) is 2. The molecule has 0 spiro atoms. The Kier molecular flexibility index (Phi) is 4.61. The Morgan fingerprint density at radius 2 is 2.00 bits per heavy atom. The minimum atomic E-state index is -1.17. The van der Waals surface area contributed by atoms with E-state index >= 15 is 0 Å². The third-order valence-electron chi connectivity index (χ3n) is 6.89. The van der Waals surface area contributed by atoms with Gasteiger partial charge in [-0.2, -0.15) is 0 Å². The molecule has 132 valence electrons. The van der Waals surface area contributed by atoms with Gasteiger partial charge in [-0.15, -0.1) is 0 Å². The zero-order valence-electron chi connectivity index (χ0n) is 15.0. The highest BCUT2D eigenvalue weighted by Gasteiger charge is 2.60. The van der Waals surface area contributed by atoms with Crippen molar-refractivity contribution in [1.82, 2.24) is 0 Å². The van der Waals surface area contributed by atoms with Crippen LogP contribution in [0.5, 0.6) is 0 Å². The summed E-state index contributed by atoms with van der Waals surface area (Å²) in [5.41, 5.74) is 2.11. The highest BCUT2D eigenvalue weighted by Crippen LogP contribution is 2.59. The average molecular weight is 330 g/mol. The van der Waals surface area contributed by atoms with E-state index in [9.17, 15) is 15.0 Å². The Morgan fingerprint density at radius 3 is 2.71 bits per heavy atom. The van der Waals surface area contributed by atoms with Crippen LogP contribution in [0.2, 0.25) is 0 Å². The fourth-order valence-electron chi connectivity index (χ4n) is 5.23. The molecule has 3 fully saturated rings. The molecule has 3 aliphatic rings. The Balaban J connectivity index is 1.87. The molecule has 0 saturated heterocycles. The zero-order chi connectivity index (χ0) is 17.5. The van der Waals surface area contributed by atoms with Crippen molar-refractivity contribution in [2.24, 2.45) is 11.3 Å². The van der Waals surface area contributed by atoms with E-state index in [1.54, 1.807) is 0 Å². The second-order valence-electron chi connectivity index (χ2n) is 8.21. The SMILES string of the molecule is C=C1CC[C@H](O)C/C1=C/C=C1\CCC[C@@]2(C)[C@H]1CC[C@]2(O)C(C)=O. The lowest BCUT2D eigenvalue weighted by atomic mass is 9.61. The first-order chi connectivity index (χ1) is 11.3. The monoisotopic (exact) mass is 330 g/mol. The quantitative estimate of drug-likeness (QED) is 0.808. The predicted molar refractivity (Wildman–Crippen MR) is 95.5 cm³/mol. The second-order valence-corrected chi connectivity index (χ2v) is 8.21. The van der Waals surface area contributed by atoms with Crippen LogP contribution in [0.1, 0.15) is 65.2 Å². The number of allylic oxidation sites excluding steroid dienone is 4. The van der Waals surface area contributed by atoms with E-state index in [0.29, 0.717) is 12.8 Å². The molecule has 4 atom stereocenters. The molecule has 3 nitrogen and oxygen atoms in total. The molecule has 0 bridgehead atoms. The number of carbonyl (C=O) groups excluding carboxylic acids is 1. The lowest BCUT2D eigenvalue weighted by Crippen LogP contribution is -2.51. The van der Waals surface area contributed by atoms with Gasteiger partial charge in [0.05, 0.1) is 6.10 Å². The summed E-state index contributed by atoms with van der Waals surface area (Å²) in [6.07, 6.45) is 10.8. The maximum Gasteiger partial charge on any atom is 0.161 e. The minimum Gasteiger partial charge on any atom is -0.393 e. The Bertz CT molecular complexity index is 615. The van der Waals surface area contributed by atoms with Gasteiger partial charge in [0.15, 0.2) is 5.78 Å². The van der Waals surface area contributed by atoms with Gasteiger partial charge in [-0.25, -0.2) is 0 Å². The van der Waals surface area contributed by atoms with Crippen molar-refractivity contribution in [1.29, 1.82) is 0 Å². The van der Waals surface area contributed by atoms with E-state index in [-0.39, 0.29) is 23.2 Å². The molecule has 3 rings (SSSR count). The molecule has 0 heterocycles. The summed E-state index contributed by atoms with van der Waals surface area (Å²) in [6, 6.07) is 0. The molecule has 0 unspecified atom stereocenters. The smallest absolute Gasteiger partial charge is 0.161 e. The number of ketones is 1. The maximum atomic E-state index is 12.1. The van der Waals surface area contributed by atoms with E-state index in [4.69, 9.17) is 0 Å². The van der Waals surface area contributed by atoms with Crippen LogP contribution in [0.15, 0.2) is 35.5 Å². The zero-order valence-corrected chi connectivity index (χ0v) is 15.0. The van der Waals surface area contributed by atoms with Gasteiger partial charge >= 0.3 is 0 Å². The molecular weight excluding hydrogens is 300 g/mol. The topological polar surface area (TPSA) is 57.5 Å². The Labute approximate surface area is 145 Å². The molecule has 0 aliphatic heterocycles. The molecular formula is C21H30O3. The lowest BCUT2D eigenvalue weighted by molar-refractivity contribution is -0.149. The van der Waals surface area contributed by atoms with Crippen LogP contribution >= 0.6 is 0 Å². The van der Waals surface area contributed by atoms with Crippen LogP contribution in [0, 0.1) is 11.3 Å².